The van der Waals surface area contributed by atoms with Crippen LogP contribution in [0.1, 0.15) is 19.4 Å². The van der Waals surface area contributed by atoms with Crippen molar-refractivity contribution >= 4 is 33.2 Å². The molecule has 0 aliphatic rings. The minimum Gasteiger partial charge on any atom is -0.484 e. The van der Waals surface area contributed by atoms with E-state index in [-0.39, 0.29) is 22.3 Å². The molecular formula is C19H22ClFN2O4S. The van der Waals surface area contributed by atoms with Crippen LogP contribution in [-0.4, -0.2) is 38.3 Å². The average Bonchev–Trinajstić information content (AvgIpc) is 2.65. The quantitative estimate of drug-likeness (QED) is 0.693. The van der Waals surface area contributed by atoms with Crippen LogP contribution in [0.2, 0.25) is 5.02 Å². The van der Waals surface area contributed by atoms with E-state index in [9.17, 15) is 17.6 Å². The number of sulfonamides is 1. The summed E-state index contributed by atoms with van der Waals surface area (Å²) >= 11 is 5.67. The van der Waals surface area contributed by atoms with Gasteiger partial charge in [0.05, 0.1) is 9.92 Å². The van der Waals surface area contributed by atoms with E-state index < -0.39 is 21.7 Å². The number of nitrogens with one attached hydrogen (secondary N) is 1. The van der Waals surface area contributed by atoms with Gasteiger partial charge in [-0.1, -0.05) is 31.5 Å². The Morgan fingerprint density at radius 1 is 1.18 bits per heavy atom. The minimum atomic E-state index is -3.65. The number of aryl methyl sites for hydroxylation is 1. The van der Waals surface area contributed by atoms with Gasteiger partial charge in [-0.3, -0.25) is 4.79 Å². The van der Waals surface area contributed by atoms with Crippen molar-refractivity contribution < 1.29 is 22.3 Å². The highest BCUT2D eigenvalue weighted by Crippen LogP contribution is 2.24. The zero-order chi connectivity index (χ0) is 20.9. The highest BCUT2D eigenvalue weighted by Gasteiger charge is 2.24. The Morgan fingerprint density at radius 3 is 2.46 bits per heavy atom. The van der Waals surface area contributed by atoms with Crippen molar-refractivity contribution in [2.75, 3.05) is 25.0 Å². The number of anilines is 1. The zero-order valence-electron chi connectivity index (χ0n) is 15.8. The second-order valence-corrected chi connectivity index (χ2v) is 8.30. The lowest BCUT2D eigenvalue weighted by molar-refractivity contribution is -0.118. The number of nitrogens with zero attached hydrogens (tertiary/aromatic N) is 1. The number of carbonyl (C=O) groups excluding carboxylic acids is 1. The molecule has 0 unspecified atom stereocenters. The van der Waals surface area contributed by atoms with Gasteiger partial charge >= 0.3 is 0 Å². The Balaban J connectivity index is 2.11. The number of amides is 1. The van der Waals surface area contributed by atoms with Gasteiger partial charge in [0.2, 0.25) is 10.0 Å². The van der Waals surface area contributed by atoms with E-state index in [1.807, 2.05) is 0 Å². The molecule has 6 nitrogen and oxygen atoms in total. The SMILES string of the molecule is CCN(CC)S(=O)(=O)c1cc(NC(=O)COc2ccc(F)c(Cl)c2)ccc1C. The lowest BCUT2D eigenvalue weighted by Crippen LogP contribution is -2.31. The van der Waals surface area contributed by atoms with Crippen molar-refractivity contribution in [2.24, 2.45) is 0 Å². The maximum atomic E-state index is 13.1. The van der Waals surface area contributed by atoms with Gasteiger partial charge in [-0.25, -0.2) is 12.8 Å². The molecule has 0 fully saturated rings. The molecule has 0 atom stereocenters. The largest absolute Gasteiger partial charge is 0.484 e. The third-order valence-corrected chi connectivity index (χ3v) is 6.54. The third kappa shape index (κ3) is 5.21. The molecule has 1 N–H and O–H groups in total. The molecule has 0 aliphatic heterocycles. The lowest BCUT2D eigenvalue weighted by atomic mass is 10.2. The first kappa shape index (κ1) is 22.1. The second-order valence-electron chi connectivity index (χ2n) is 5.98. The maximum absolute atomic E-state index is 13.1. The molecule has 0 aromatic heterocycles. The van der Waals surface area contributed by atoms with E-state index in [1.165, 1.54) is 22.5 Å². The molecule has 1 amide bonds. The third-order valence-electron chi connectivity index (χ3n) is 4.06. The van der Waals surface area contributed by atoms with E-state index in [2.05, 4.69) is 5.32 Å². The molecular weight excluding hydrogens is 407 g/mol. The number of hydrogen-bond acceptors (Lipinski definition) is 4. The van der Waals surface area contributed by atoms with Crippen LogP contribution in [0.25, 0.3) is 0 Å². The number of hydrogen-bond donors (Lipinski definition) is 1. The molecule has 0 aliphatic carbocycles. The number of rotatable bonds is 8. The van der Waals surface area contributed by atoms with E-state index in [1.54, 1.807) is 32.9 Å². The van der Waals surface area contributed by atoms with Gasteiger partial charge < -0.3 is 10.1 Å². The molecule has 2 rings (SSSR count). The van der Waals surface area contributed by atoms with Gasteiger partial charge in [-0.2, -0.15) is 4.31 Å². The molecule has 152 valence electrons. The monoisotopic (exact) mass is 428 g/mol. The molecule has 0 saturated heterocycles. The van der Waals surface area contributed by atoms with Crippen LogP contribution < -0.4 is 10.1 Å². The highest BCUT2D eigenvalue weighted by molar-refractivity contribution is 7.89. The van der Waals surface area contributed by atoms with E-state index in [4.69, 9.17) is 16.3 Å². The number of carbonyl (C=O) groups is 1. The van der Waals surface area contributed by atoms with Crippen molar-refractivity contribution in [2.45, 2.75) is 25.7 Å². The Kier molecular flexibility index (Phi) is 7.40. The van der Waals surface area contributed by atoms with E-state index in [0.29, 0.717) is 24.3 Å². The molecule has 0 radical (unpaired) electrons. The predicted octanol–water partition coefficient (Wildman–Crippen LogP) is 3.84. The molecule has 0 bridgehead atoms. The zero-order valence-corrected chi connectivity index (χ0v) is 17.4. The van der Waals surface area contributed by atoms with Crippen molar-refractivity contribution in [1.82, 2.24) is 4.31 Å². The fourth-order valence-corrected chi connectivity index (χ4v) is 4.45. The summed E-state index contributed by atoms with van der Waals surface area (Å²) in [5, 5.41) is 2.49. The summed E-state index contributed by atoms with van der Waals surface area (Å²) in [5.74, 6) is -0.828. The van der Waals surface area contributed by atoms with Crippen LogP contribution in [0.15, 0.2) is 41.3 Å². The van der Waals surface area contributed by atoms with Gasteiger partial charge in [-0.05, 0) is 36.8 Å². The standard InChI is InChI=1S/C19H22ClFN2O4S/c1-4-23(5-2)28(25,26)18-10-14(7-6-13(18)3)22-19(24)12-27-15-8-9-17(21)16(20)11-15/h6-11H,4-5,12H2,1-3H3,(H,22,24). The molecule has 28 heavy (non-hydrogen) atoms. The molecule has 0 saturated carbocycles. The Hall–Kier alpha value is -2.16. The number of ether oxygens (including phenoxy) is 1. The summed E-state index contributed by atoms with van der Waals surface area (Å²) in [4.78, 5) is 12.3. The summed E-state index contributed by atoms with van der Waals surface area (Å²) in [6.45, 7) is 5.59. The highest BCUT2D eigenvalue weighted by atomic mass is 35.5. The van der Waals surface area contributed by atoms with Crippen LogP contribution in [0.3, 0.4) is 0 Å². The first-order chi connectivity index (χ1) is 13.2. The Bertz CT molecular complexity index is 962. The Morgan fingerprint density at radius 2 is 1.86 bits per heavy atom. The first-order valence-electron chi connectivity index (χ1n) is 8.67. The normalized spacial score (nSPS) is 11.5. The van der Waals surface area contributed by atoms with Crippen LogP contribution >= 0.6 is 11.6 Å². The molecule has 0 spiro atoms. The van der Waals surface area contributed by atoms with Crippen molar-refractivity contribution in [1.29, 1.82) is 0 Å². The topological polar surface area (TPSA) is 75.7 Å². The van der Waals surface area contributed by atoms with E-state index in [0.717, 1.165) is 6.07 Å². The first-order valence-corrected chi connectivity index (χ1v) is 10.5. The van der Waals surface area contributed by atoms with Crippen LogP contribution in [0.5, 0.6) is 5.75 Å². The second kappa shape index (κ2) is 9.36. The average molecular weight is 429 g/mol. The van der Waals surface area contributed by atoms with Gasteiger partial charge in [0.15, 0.2) is 6.61 Å². The minimum absolute atomic E-state index is 0.109. The van der Waals surface area contributed by atoms with Gasteiger partial charge in [0.25, 0.3) is 5.91 Å². The predicted molar refractivity (Wildman–Crippen MR) is 107 cm³/mol. The van der Waals surface area contributed by atoms with Crippen LogP contribution in [0, 0.1) is 12.7 Å². The maximum Gasteiger partial charge on any atom is 0.262 e. The van der Waals surface area contributed by atoms with Gasteiger partial charge in [0, 0.05) is 24.8 Å². The smallest absolute Gasteiger partial charge is 0.262 e. The van der Waals surface area contributed by atoms with E-state index >= 15 is 0 Å². The molecule has 9 heteroatoms. The van der Waals surface area contributed by atoms with Gasteiger partial charge in [0.1, 0.15) is 11.6 Å². The fraction of sp³-hybridized carbons (Fsp3) is 0.316. The summed E-state index contributed by atoms with van der Waals surface area (Å²) in [6.07, 6.45) is 0. The number of halogens is 2. The summed E-state index contributed by atoms with van der Waals surface area (Å²) in [5.41, 5.74) is 0.921. The Labute approximate surface area is 169 Å². The van der Waals surface area contributed by atoms with Gasteiger partial charge in [-0.15, -0.1) is 0 Å². The fourth-order valence-electron chi connectivity index (χ4n) is 2.57. The summed E-state index contributed by atoms with van der Waals surface area (Å²) in [7, 11) is -3.65. The van der Waals surface area contributed by atoms with Crippen molar-refractivity contribution in [3.63, 3.8) is 0 Å². The number of benzene rings is 2. The molecule has 2 aromatic rings. The summed E-state index contributed by atoms with van der Waals surface area (Å²) < 4.78 is 45.3. The van der Waals surface area contributed by atoms with Crippen molar-refractivity contribution in [3.8, 4) is 5.75 Å². The lowest BCUT2D eigenvalue weighted by Gasteiger charge is -2.20. The molecule has 0 heterocycles. The summed E-state index contributed by atoms with van der Waals surface area (Å²) in [6, 6.07) is 8.44. The van der Waals surface area contributed by atoms with Crippen molar-refractivity contribution in [3.05, 3.63) is 52.8 Å². The van der Waals surface area contributed by atoms with Crippen LogP contribution in [-0.2, 0) is 14.8 Å². The van der Waals surface area contributed by atoms with Crippen LogP contribution in [0.4, 0.5) is 10.1 Å². The molecule has 2 aromatic carbocycles.